The van der Waals surface area contributed by atoms with Crippen LogP contribution in [0.15, 0.2) is 59.7 Å². The van der Waals surface area contributed by atoms with Gasteiger partial charge < -0.3 is 10.6 Å². The highest BCUT2D eigenvalue weighted by Gasteiger charge is 2.30. The number of urea groups is 1. The molecule has 8 nitrogen and oxygen atoms in total. The van der Waals surface area contributed by atoms with E-state index in [9.17, 15) is 9.59 Å². The summed E-state index contributed by atoms with van der Waals surface area (Å²) in [5.74, 6) is 0.640. The topological polar surface area (TPSA) is 93.8 Å². The van der Waals surface area contributed by atoms with Crippen LogP contribution in [0.2, 0.25) is 0 Å². The smallest absolute Gasteiger partial charge is 0.338 e. The molecule has 2 amide bonds. The molecular weight excluding hydrogens is 380 g/mol. The highest BCUT2D eigenvalue weighted by molar-refractivity contribution is 5.73. The second-order valence-electron chi connectivity index (χ2n) is 7.44. The molecule has 3 aromatic rings. The Morgan fingerprint density at radius 1 is 1.07 bits per heavy atom. The van der Waals surface area contributed by atoms with Crippen LogP contribution in [-0.4, -0.2) is 38.5 Å². The lowest BCUT2D eigenvalue weighted by molar-refractivity contribution is 0.240. The van der Waals surface area contributed by atoms with Crippen molar-refractivity contribution in [3.05, 3.63) is 70.9 Å². The lowest BCUT2D eigenvalue weighted by Gasteiger charge is -2.07. The number of aryl methyl sites for hydroxylation is 1. The van der Waals surface area contributed by atoms with Crippen LogP contribution in [0, 0.1) is 0 Å². The van der Waals surface area contributed by atoms with E-state index in [0.29, 0.717) is 25.5 Å². The normalized spacial score (nSPS) is 13.2. The molecule has 2 N–H and O–H groups in total. The SMILES string of the molecule is O=C(NCCCc1ccccc1)NCCn1nc(-c2cccnc2)n(C2CC2)c1=O. The van der Waals surface area contributed by atoms with Gasteiger partial charge in [-0.3, -0.25) is 9.55 Å². The molecule has 0 unspecified atom stereocenters. The molecular formula is C22H26N6O2. The summed E-state index contributed by atoms with van der Waals surface area (Å²) in [5.41, 5.74) is 1.94. The quantitative estimate of drug-likeness (QED) is 0.534. The van der Waals surface area contributed by atoms with Crippen LogP contribution in [0.3, 0.4) is 0 Å². The Bertz CT molecular complexity index is 1020. The molecule has 0 atom stereocenters. The number of amides is 2. The van der Waals surface area contributed by atoms with E-state index in [1.54, 1.807) is 17.0 Å². The molecule has 4 rings (SSSR count). The monoisotopic (exact) mass is 406 g/mol. The number of carbonyl (C=O) groups excluding carboxylic acids is 1. The molecule has 0 saturated heterocycles. The Hall–Kier alpha value is -3.42. The van der Waals surface area contributed by atoms with Gasteiger partial charge in [0.25, 0.3) is 0 Å². The van der Waals surface area contributed by atoms with Crippen molar-refractivity contribution in [3.63, 3.8) is 0 Å². The van der Waals surface area contributed by atoms with Gasteiger partial charge in [0.15, 0.2) is 5.82 Å². The Labute approximate surface area is 175 Å². The number of hydrogen-bond donors (Lipinski definition) is 2. The van der Waals surface area contributed by atoms with Gasteiger partial charge in [0.1, 0.15) is 0 Å². The minimum absolute atomic E-state index is 0.138. The Balaban J connectivity index is 1.27. The first-order chi connectivity index (χ1) is 14.7. The Kier molecular flexibility index (Phi) is 6.22. The minimum atomic E-state index is -0.231. The van der Waals surface area contributed by atoms with E-state index in [-0.39, 0.29) is 17.8 Å². The van der Waals surface area contributed by atoms with Gasteiger partial charge in [0.05, 0.1) is 6.54 Å². The van der Waals surface area contributed by atoms with Crippen molar-refractivity contribution in [3.8, 4) is 11.4 Å². The predicted octanol–water partition coefficient (Wildman–Crippen LogP) is 2.37. The van der Waals surface area contributed by atoms with E-state index in [1.165, 1.54) is 10.2 Å². The second kappa shape index (κ2) is 9.39. The van der Waals surface area contributed by atoms with Gasteiger partial charge in [-0.05, 0) is 43.4 Å². The Morgan fingerprint density at radius 2 is 1.87 bits per heavy atom. The minimum Gasteiger partial charge on any atom is -0.338 e. The van der Waals surface area contributed by atoms with E-state index >= 15 is 0 Å². The number of aromatic nitrogens is 4. The maximum absolute atomic E-state index is 12.8. The average molecular weight is 406 g/mol. The molecule has 156 valence electrons. The maximum Gasteiger partial charge on any atom is 0.346 e. The number of benzene rings is 1. The highest BCUT2D eigenvalue weighted by atomic mass is 16.2. The summed E-state index contributed by atoms with van der Waals surface area (Å²) >= 11 is 0. The zero-order valence-corrected chi connectivity index (χ0v) is 16.8. The molecule has 2 heterocycles. The molecule has 0 bridgehead atoms. The fraction of sp³-hybridized carbons (Fsp3) is 0.364. The number of rotatable bonds is 9. The van der Waals surface area contributed by atoms with Crippen molar-refractivity contribution >= 4 is 6.03 Å². The van der Waals surface area contributed by atoms with Crippen molar-refractivity contribution in [2.45, 2.75) is 38.3 Å². The Morgan fingerprint density at radius 3 is 2.60 bits per heavy atom. The molecule has 8 heteroatoms. The molecule has 1 aliphatic rings. The third kappa shape index (κ3) is 4.94. The van der Waals surface area contributed by atoms with Crippen LogP contribution in [0.4, 0.5) is 4.79 Å². The number of nitrogens with one attached hydrogen (secondary N) is 2. The molecule has 1 aromatic carbocycles. The molecule has 1 saturated carbocycles. The van der Waals surface area contributed by atoms with Crippen molar-refractivity contribution in [1.29, 1.82) is 0 Å². The van der Waals surface area contributed by atoms with Gasteiger partial charge in [0, 0.05) is 37.1 Å². The first-order valence-corrected chi connectivity index (χ1v) is 10.4. The van der Waals surface area contributed by atoms with Crippen LogP contribution in [0.1, 0.15) is 30.9 Å². The number of carbonyl (C=O) groups is 1. The molecule has 0 aliphatic heterocycles. The first-order valence-electron chi connectivity index (χ1n) is 10.4. The summed E-state index contributed by atoms with van der Waals surface area (Å²) in [7, 11) is 0. The van der Waals surface area contributed by atoms with Crippen molar-refractivity contribution in [2.75, 3.05) is 13.1 Å². The fourth-order valence-electron chi connectivity index (χ4n) is 3.40. The summed E-state index contributed by atoms with van der Waals surface area (Å²) in [6, 6.07) is 13.9. The molecule has 0 spiro atoms. The van der Waals surface area contributed by atoms with E-state index in [2.05, 4.69) is 32.8 Å². The second-order valence-corrected chi connectivity index (χ2v) is 7.44. The van der Waals surface area contributed by atoms with Crippen LogP contribution in [-0.2, 0) is 13.0 Å². The maximum atomic E-state index is 12.8. The number of pyridine rings is 1. The van der Waals surface area contributed by atoms with E-state index in [4.69, 9.17) is 0 Å². The molecule has 1 fully saturated rings. The van der Waals surface area contributed by atoms with Crippen molar-refractivity contribution in [1.82, 2.24) is 30.0 Å². The van der Waals surface area contributed by atoms with Gasteiger partial charge in [-0.15, -0.1) is 5.10 Å². The van der Waals surface area contributed by atoms with E-state index < -0.39 is 0 Å². The standard InChI is InChI=1S/C22H26N6O2/c29-21(24-13-4-8-17-6-2-1-3-7-17)25-14-15-27-22(30)28(19-10-11-19)20(26-27)18-9-5-12-23-16-18/h1-3,5-7,9,12,16,19H,4,8,10-11,13-15H2,(H2,24,25,29). The fourth-order valence-corrected chi connectivity index (χ4v) is 3.40. The summed E-state index contributed by atoms with van der Waals surface area (Å²) in [6.07, 6.45) is 7.18. The highest BCUT2D eigenvalue weighted by Crippen LogP contribution is 2.36. The molecule has 1 aliphatic carbocycles. The zero-order chi connectivity index (χ0) is 20.8. The third-order valence-corrected chi connectivity index (χ3v) is 5.08. The summed E-state index contributed by atoms with van der Waals surface area (Å²) in [6.45, 7) is 1.25. The van der Waals surface area contributed by atoms with Crippen molar-refractivity contribution < 1.29 is 4.79 Å². The number of hydrogen-bond acceptors (Lipinski definition) is 4. The van der Waals surface area contributed by atoms with Gasteiger partial charge in [-0.25, -0.2) is 14.3 Å². The van der Waals surface area contributed by atoms with Crippen LogP contribution in [0.25, 0.3) is 11.4 Å². The largest absolute Gasteiger partial charge is 0.346 e. The summed E-state index contributed by atoms with van der Waals surface area (Å²) in [4.78, 5) is 28.9. The van der Waals surface area contributed by atoms with Gasteiger partial charge in [-0.2, -0.15) is 0 Å². The van der Waals surface area contributed by atoms with Gasteiger partial charge >= 0.3 is 11.7 Å². The number of nitrogens with zero attached hydrogens (tertiary/aromatic N) is 4. The summed E-state index contributed by atoms with van der Waals surface area (Å²) in [5, 5.41) is 10.2. The zero-order valence-electron chi connectivity index (χ0n) is 16.8. The predicted molar refractivity (Wildman–Crippen MR) is 114 cm³/mol. The lowest BCUT2D eigenvalue weighted by atomic mass is 10.1. The van der Waals surface area contributed by atoms with Crippen molar-refractivity contribution in [2.24, 2.45) is 0 Å². The lowest BCUT2D eigenvalue weighted by Crippen LogP contribution is -2.39. The first kappa shape index (κ1) is 19.9. The van der Waals surface area contributed by atoms with Crippen LogP contribution < -0.4 is 16.3 Å². The molecule has 0 radical (unpaired) electrons. The summed E-state index contributed by atoms with van der Waals surface area (Å²) < 4.78 is 3.18. The van der Waals surface area contributed by atoms with Gasteiger partial charge in [0.2, 0.25) is 0 Å². The molecule has 30 heavy (non-hydrogen) atoms. The van der Waals surface area contributed by atoms with Gasteiger partial charge in [-0.1, -0.05) is 30.3 Å². The van der Waals surface area contributed by atoms with E-state index in [0.717, 1.165) is 31.2 Å². The van der Waals surface area contributed by atoms with E-state index in [1.807, 2.05) is 30.3 Å². The van der Waals surface area contributed by atoms with Crippen LogP contribution >= 0.6 is 0 Å². The van der Waals surface area contributed by atoms with Crippen LogP contribution in [0.5, 0.6) is 0 Å². The third-order valence-electron chi connectivity index (χ3n) is 5.08. The average Bonchev–Trinajstić information content (AvgIpc) is 3.56. The molecule has 2 aromatic heterocycles.